The summed E-state index contributed by atoms with van der Waals surface area (Å²) in [7, 11) is 0. The standard InChI is InChI=1S/C14H17FN2O/c1-5-11-16-12-9(13(18)17-11)6-8(7-10(12)15)14(2,3)4/h6-7H,5H2,1-4H3,(H,16,17,18). The molecule has 0 aliphatic carbocycles. The molecule has 0 bridgehead atoms. The lowest BCUT2D eigenvalue weighted by atomic mass is 9.86. The van der Waals surface area contributed by atoms with Gasteiger partial charge in [-0.15, -0.1) is 0 Å². The van der Waals surface area contributed by atoms with Crippen LogP contribution in [-0.4, -0.2) is 9.97 Å². The molecule has 0 unspecified atom stereocenters. The molecule has 0 amide bonds. The molecule has 0 fully saturated rings. The van der Waals surface area contributed by atoms with Gasteiger partial charge in [-0.25, -0.2) is 9.37 Å². The van der Waals surface area contributed by atoms with Crippen LogP contribution in [0.4, 0.5) is 4.39 Å². The van der Waals surface area contributed by atoms with Gasteiger partial charge < -0.3 is 4.98 Å². The Morgan fingerprint density at radius 1 is 1.33 bits per heavy atom. The molecule has 1 heterocycles. The fourth-order valence-electron chi connectivity index (χ4n) is 1.85. The molecule has 4 heteroatoms. The second-order valence-electron chi connectivity index (χ2n) is 5.47. The highest BCUT2D eigenvalue weighted by atomic mass is 19.1. The van der Waals surface area contributed by atoms with Gasteiger partial charge in [0.2, 0.25) is 0 Å². The highest BCUT2D eigenvalue weighted by molar-refractivity contribution is 5.79. The van der Waals surface area contributed by atoms with E-state index in [4.69, 9.17) is 0 Å². The molecule has 1 aromatic heterocycles. The molecule has 0 aliphatic heterocycles. The van der Waals surface area contributed by atoms with Crippen molar-refractivity contribution in [1.82, 2.24) is 9.97 Å². The zero-order chi connectivity index (χ0) is 13.5. The number of hydrogen-bond acceptors (Lipinski definition) is 2. The normalized spacial score (nSPS) is 12.1. The third-order valence-electron chi connectivity index (χ3n) is 3.01. The molecule has 96 valence electrons. The van der Waals surface area contributed by atoms with Crippen LogP contribution in [0.5, 0.6) is 0 Å². The molecule has 0 spiro atoms. The lowest BCUT2D eigenvalue weighted by Crippen LogP contribution is -2.16. The Kier molecular flexibility index (Phi) is 2.97. The lowest BCUT2D eigenvalue weighted by molar-refractivity contribution is 0.575. The monoisotopic (exact) mass is 248 g/mol. The average Bonchev–Trinajstić information content (AvgIpc) is 2.28. The molecular weight excluding hydrogens is 231 g/mol. The second-order valence-corrected chi connectivity index (χ2v) is 5.47. The molecular formula is C14H17FN2O. The number of halogens is 1. The van der Waals surface area contributed by atoms with Crippen LogP contribution in [0, 0.1) is 5.82 Å². The van der Waals surface area contributed by atoms with Gasteiger partial charge in [0.15, 0.2) is 0 Å². The van der Waals surface area contributed by atoms with Gasteiger partial charge in [-0.3, -0.25) is 4.79 Å². The number of aryl methyl sites for hydroxylation is 1. The molecule has 1 aromatic carbocycles. The number of nitrogens with one attached hydrogen (secondary N) is 1. The molecule has 0 saturated carbocycles. The number of benzene rings is 1. The van der Waals surface area contributed by atoms with Crippen molar-refractivity contribution in [3.63, 3.8) is 0 Å². The van der Waals surface area contributed by atoms with Crippen LogP contribution < -0.4 is 5.56 Å². The molecule has 2 aromatic rings. The minimum Gasteiger partial charge on any atom is -0.310 e. The van der Waals surface area contributed by atoms with Crippen molar-refractivity contribution in [1.29, 1.82) is 0 Å². The summed E-state index contributed by atoms with van der Waals surface area (Å²) < 4.78 is 14.1. The Morgan fingerprint density at radius 3 is 2.56 bits per heavy atom. The Labute approximate surface area is 105 Å². The van der Waals surface area contributed by atoms with Crippen molar-refractivity contribution in [2.75, 3.05) is 0 Å². The zero-order valence-electron chi connectivity index (χ0n) is 11.1. The number of rotatable bonds is 1. The molecule has 2 rings (SSSR count). The summed E-state index contributed by atoms with van der Waals surface area (Å²) in [4.78, 5) is 18.7. The first-order valence-corrected chi connectivity index (χ1v) is 6.06. The summed E-state index contributed by atoms with van der Waals surface area (Å²) in [6, 6.07) is 3.19. The summed E-state index contributed by atoms with van der Waals surface area (Å²) >= 11 is 0. The number of nitrogens with zero attached hydrogens (tertiary/aromatic N) is 1. The van der Waals surface area contributed by atoms with E-state index >= 15 is 0 Å². The van der Waals surface area contributed by atoms with Crippen LogP contribution in [0.1, 0.15) is 39.1 Å². The minimum atomic E-state index is -0.432. The number of aromatic amines is 1. The van der Waals surface area contributed by atoms with E-state index < -0.39 is 5.82 Å². The fraction of sp³-hybridized carbons (Fsp3) is 0.429. The van der Waals surface area contributed by atoms with Crippen molar-refractivity contribution in [3.8, 4) is 0 Å². The van der Waals surface area contributed by atoms with Crippen LogP contribution >= 0.6 is 0 Å². The molecule has 0 aliphatic rings. The fourth-order valence-corrected chi connectivity index (χ4v) is 1.85. The molecule has 1 N–H and O–H groups in total. The van der Waals surface area contributed by atoms with Gasteiger partial charge in [0, 0.05) is 6.42 Å². The highest BCUT2D eigenvalue weighted by Gasteiger charge is 2.18. The molecule has 0 atom stereocenters. The number of fused-ring (bicyclic) bond motifs is 1. The number of aromatic nitrogens is 2. The molecule has 3 nitrogen and oxygen atoms in total. The van der Waals surface area contributed by atoms with Crippen molar-refractivity contribution in [3.05, 3.63) is 39.7 Å². The van der Waals surface area contributed by atoms with Gasteiger partial charge in [-0.2, -0.15) is 0 Å². The third-order valence-corrected chi connectivity index (χ3v) is 3.01. The van der Waals surface area contributed by atoms with Crippen LogP contribution in [0.3, 0.4) is 0 Å². The number of H-pyrrole nitrogens is 1. The maximum absolute atomic E-state index is 14.1. The Balaban J connectivity index is 2.82. The van der Waals surface area contributed by atoms with Crippen LogP contribution in [-0.2, 0) is 11.8 Å². The first-order chi connectivity index (χ1) is 8.32. The second kappa shape index (κ2) is 4.19. The molecule has 18 heavy (non-hydrogen) atoms. The smallest absolute Gasteiger partial charge is 0.258 e. The Morgan fingerprint density at radius 2 is 2.00 bits per heavy atom. The van der Waals surface area contributed by atoms with Crippen molar-refractivity contribution in [2.45, 2.75) is 39.5 Å². The highest BCUT2D eigenvalue weighted by Crippen LogP contribution is 2.26. The zero-order valence-corrected chi connectivity index (χ0v) is 11.1. The Hall–Kier alpha value is -1.71. The third kappa shape index (κ3) is 2.15. The van der Waals surface area contributed by atoms with E-state index in [0.29, 0.717) is 17.6 Å². The summed E-state index contributed by atoms with van der Waals surface area (Å²) in [5.41, 5.74) is 0.472. The van der Waals surface area contributed by atoms with E-state index in [-0.39, 0.29) is 16.5 Å². The summed E-state index contributed by atoms with van der Waals surface area (Å²) in [6.45, 7) is 7.81. The van der Waals surface area contributed by atoms with Gasteiger partial charge in [0.1, 0.15) is 17.2 Å². The van der Waals surface area contributed by atoms with Gasteiger partial charge >= 0.3 is 0 Å². The minimum absolute atomic E-state index is 0.156. The predicted octanol–water partition coefficient (Wildman–Crippen LogP) is 2.92. The van der Waals surface area contributed by atoms with Gasteiger partial charge in [0.05, 0.1) is 5.39 Å². The maximum Gasteiger partial charge on any atom is 0.258 e. The van der Waals surface area contributed by atoms with Gasteiger partial charge in [-0.05, 0) is 23.1 Å². The van der Waals surface area contributed by atoms with E-state index in [0.717, 1.165) is 5.56 Å². The first kappa shape index (κ1) is 12.7. The van der Waals surface area contributed by atoms with Crippen molar-refractivity contribution >= 4 is 10.9 Å². The van der Waals surface area contributed by atoms with Crippen LogP contribution in [0.2, 0.25) is 0 Å². The maximum atomic E-state index is 14.1. The van der Waals surface area contributed by atoms with E-state index in [2.05, 4.69) is 9.97 Å². The summed E-state index contributed by atoms with van der Waals surface area (Å²) in [5, 5.41) is 0.317. The van der Waals surface area contributed by atoms with Crippen molar-refractivity contribution in [2.24, 2.45) is 0 Å². The summed E-state index contributed by atoms with van der Waals surface area (Å²) in [6.07, 6.45) is 0.575. The van der Waals surface area contributed by atoms with E-state index in [1.165, 1.54) is 6.07 Å². The quantitative estimate of drug-likeness (QED) is 0.843. The van der Waals surface area contributed by atoms with Gasteiger partial charge in [0.25, 0.3) is 5.56 Å². The van der Waals surface area contributed by atoms with Crippen molar-refractivity contribution < 1.29 is 4.39 Å². The van der Waals surface area contributed by atoms with E-state index in [9.17, 15) is 9.18 Å². The van der Waals surface area contributed by atoms with Crippen LogP contribution in [0.15, 0.2) is 16.9 Å². The number of hydrogen-bond donors (Lipinski definition) is 1. The average molecular weight is 248 g/mol. The SMILES string of the molecule is CCc1nc2c(F)cc(C(C)(C)C)cc2c(=O)[nH]1. The van der Waals surface area contributed by atoms with Crippen LogP contribution in [0.25, 0.3) is 10.9 Å². The summed E-state index contributed by atoms with van der Waals surface area (Å²) in [5.74, 6) is 0.0770. The van der Waals surface area contributed by atoms with Gasteiger partial charge in [-0.1, -0.05) is 27.7 Å². The first-order valence-electron chi connectivity index (χ1n) is 6.06. The largest absolute Gasteiger partial charge is 0.310 e. The topological polar surface area (TPSA) is 45.8 Å². The molecule has 0 saturated heterocycles. The lowest BCUT2D eigenvalue weighted by Gasteiger charge is -2.19. The Bertz CT molecular complexity index is 653. The van der Waals surface area contributed by atoms with E-state index in [1.54, 1.807) is 6.07 Å². The van der Waals surface area contributed by atoms with E-state index in [1.807, 2.05) is 27.7 Å². The molecule has 0 radical (unpaired) electrons. The predicted molar refractivity (Wildman–Crippen MR) is 70.4 cm³/mol.